The van der Waals surface area contributed by atoms with E-state index < -0.39 is 0 Å². The van der Waals surface area contributed by atoms with Crippen molar-refractivity contribution in [1.29, 1.82) is 0 Å². The highest BCUT2D eigenvalue weighted by Crippen LogP contribution is 2.36. The first kappa shape index (κ1) is 17.7. The average Bonchev–Trinajstić information content (AvgIpc) is 2.71. The SMILES string of the molecule is O=c1c(Sc2ccc(Cl)cc2)c(O)c2ccccc2n1Cc1ccccc1. The van der Waals surface area contributed by atoms with Gasteiger partial charge in [-0.05, 0) is 42.0 Å². The first-order valence-electron chi connectivity index (χ1n) is 8.45. The molecule has 0 amide bonds. The van der Waals surface area contributed by atoms with Gasteiger partial charge in [-0.2, -0.15) is 0 Å². The molecule has 0 spiro atoms. The molecule has 3 nitrogen and oxygen atoms in total. The first-order valence-corrected chi connectivity index (χ1v) is 9.65. The summed E-state index contributed by atoms with van der Waals surface area (Å²) in [6, 6.07) is 24.4. The number of hydrogen-bond acceptors (Lipinski definition) is 3. The number of aromatic hydroxyl groups is 1. The van der Waals surface area contributed by atoms with Crippen molar-refractivity contribution in [2.75, 3.05) is 0 Å². The molecule has 0 aliphatic rings. The first-order chi connectivity index (χ1) is 13.1. The lowest BCUT2D eigenvalue weighted by Crippen LogP contribution is -2.22. The van der Waals surface area contributed by atoms with E-state index >= 15 is 0 Å². The summed E-state index contributed by atoms with van der Waals surface area (Å²) in [7, 11) is 0. The second-order valence-corrected chi connectivity index (χ2v) is 7.65. The molecule has 4 aromatic rings. The average molecular weight is 394 g/mol. The van der Waals surface area contributed by atoms with E-state index in [-0.39, 0.29) is 11.3 Å². The van der Waals surface area contributed by atoms with Crippen LogP contribution in [-0.4, -0.2) is 9.67 Å². The van der Waals surface area contributed by atoms with Crippen LogP contribution >= 0.6 is 23.4 Å². The van der Waals surface area contributed by atoms with E-state index in [1.165, 1.54) is 11.8 Å². The van der Waals surface area contributed by atoms with Gasteiger partial charge in [-0.15, -0.1) is 0 Å². The number of aromatic nitrogens is 1. The number of para-hydroxylation sites is 1. The van der Waals surface area contributed by atoms with E-state index in [0.717, 1.165) is 10.5 Å². The molecule has 0 unspecified atom stereocenters. The van der Waals surface area contributed by atoms with Gasteiger partial charge in [0.15, 0.2) is 0 Å². The number of nitrogens with zero attached hydrogens (tertiary/aromatic N) is 1. The lowest BCUT2D eigenvalue weighted by atomic mass is 10.1. The number of rotatable bonds is 4. The van der Waals surface area contributed by atoms with Crippen LogP contribution in [0.3, 0.4) is 0 Å². The fourth-order valence-corrected chi connectivity index (χ4v) is 4.04. The van der Waals surface area contributed by atoms with Crippen molar-refractivity contribution >= 4 is 34.3 Å². The molecule has 1 heterocycles. The Morgan fingerprint density at radius 1 is 0.889 bits per heavy atom. The molecule has 0 atom stereocenters. The number of fused-ring (bicyclic) bond motifs is 1. The van der Waals surface area contributed by atoms with E-state index in [4.69, 9.17) is 11.6 Å². The van der Waals surface area contributed by atoms with Gasteiger partial charge >= 0.3 is 0 Å². The zero-order valence-electron chi connectivity index (χ0n) is 14.3. The summed E-state index contributed by atoms with van der Waals surface area (Å²) in [4.78, 5) is 14.4. The standard InChI is InChI=1S/C22H16ClNO2S/c23-16-10-12-17(13-11-16)27-21-20(25)18-8-4-5-9-19(18)24(22(21)26)14-15-6-2-1-3-7-15/h1-13,25H,14H2. The summed E-state index contributed by atoms with van der Waals surface area (Å²) in [5.41, 5.74) is 1.53. The number of halogens is 1. The topological polar surface area (TPSA) is 42.2 Å². The van der Waals surface area contributed by atoms with Gasteiger partial charge in [0.1, 0.15) is 10.6 Å². The molecule has 0 saturated heterocycles. The zero-order valence-corrected chi connectivity index (χ0v) is 15.9. The highest BCUT2D eigenvalue weighted by Gasteiger charge is 2.17. The predicted octanol–water partition coefficient (Wildman–Crippen LogP) is 5.56. The van der Waals surface area contributed by atoms with Gasteiger partial charge in [0.25, 0.3) is 5.56 Å². The van der Waals surface area contributed by atoms with E-state index in [1.807, 2.05) is 66.7 Å². The van der Waals surface area contributed by atoms with Gasteiger partial charge in [0.05, 0.1) is 12.1 Å². The van der Waals surface area contributed by atoms with Crippen LogP contribution in [0, 0.1) is 0 Å². The third-order valence-corrected chi connectivity index (χ3v) is 5.65. The molecule has 5 heteroatoms. The van der Waals surface area contributed by atoms with E-state index in [9.17, 15) is 9.90 Å². The molecule has 0 saturated carbocycles. The highest BCUT2D eigenvalue weighted by molar-refractivity contribution is 7.99. The van der Waals surface area contributed by atoms with Gasteiger partial charge in [0, 0.05) is 15.3 Å². The molecule has 3 aromatic carbocycles. The molecule has 0 radical (unpaired) electrons. The maximum atomic E-state index is 13.2. The van der Waals surface area contributed by atoms with Crippen LogP contribution in [0.5, 0.6) is 5.75 Å². The summed E-state index contributed by atoms with van der Waals surface area (Å²) in [6.07, 6.45) is 0. The molecule has 0 aliphatic heterocycles. The minimum absolute atomic E-state index is 0.0138. The second-order valence-electron chi connectivity index (χ2n) is 6.13. The zero-order chi connectivity index (χ0) is 18.8. The van der Waals surface area contributed by atoms with Crippen molar-refractivity contribution in [3.05, 3.63) is 99.8 Å². The minimum atomic E-state index is -0.213. The predicted molar refractivity (Wildman–Crippen MR) is 111 cm³/mol. The van der Waals surface area contributed by atoms with Crippen LogP contribution in [0.4, 0.5) is 0 Å². The van der Waals surface area contributed by atoms with Crippen LogP contribution in [-0.2, 0) is 6.54 Å². The third-order valence-electron chi connectivity index (χ3n) is 4.32. The van der Waals surface area contributed by atoms with E-state index in [0.29, 0.717) is 27.4 Å². The van der Waals surface area contributed by atoms with Crippen molar-refractivity contribution in [1.82, 2.24) is 4.57 Å². The Bertz CT molecular complexity index is 1150. The number of benzene rings is 3. The molecule has 1 N–H and O–H groups in total. The van der Waals surface area contributed by atoms with Gasteiger partial charge in [-0.3, -0.25) is 4.79 Å². The molecular weight excluding hydrogens is 378 g/mol. The van der Waals surface area contributed by atoms with E-state index in [2.05, 4.69) is 0 Å². The van der Waals surface area contributed by atoms with Crippen molar-refractivity contribution in [2.45, 2.75) is 16.3 Å². The van der Waals surface area contributed by atoms with Crippen molar-refractivity contribution in [3.8, 4) is 5.75 Å². The summed E-state index contributed by atoms with van der Waals surface area (Å²) in [6.45, 7) is 0.439. The van der Waals surface area contributed by atoms with Gasteiger partial charge in [-0.25, -0.2) is 0 Å². The lowest BCUT2D eigenvalue weighted by molar-refractivity contribution is 0.464. The Morgan fingerprint density at radius 2 is 1.56 bits per heavy atom. The number of hydrogen-bond donors (Lipinski definition) is 1. The van der Waals surface area contributed by atoms with Crippen LogP contribution in [0.25, 0.3) is 10.9 Å². The normalized spacial score (nSPS) is 11.0. The molecule has 0 aliphatic carbocycles. The molecule has 1 aromatic heterocycles. The smallest absolute Gasteiger partial charge is 0.269 e. The second kappa shape index (κ2) is 7.51. The summed E-state index contributed by atoms with van der Waals surface area (Å²) >= 11 is 7.19. The van der Waals surface area contributed by atoms with Crippen molar-refractivity contribution in [2.24, 2.45) is 0 Å². The Morgan fingerprint density at radius 3 is 2.30 bits per heavy atom. The summed E-state index contributed by atoms with van der Waals surface area (Å²) in [5, 5.41) is 12.1. The van der Waals surface area contributed by atoms with E-state index in [1.54, 1.807) is 16.7 Å². The Kier molecular flexibility index (Phi) is 4.92. The van der Waals surface area contributed by atoms with Crippen LogP contribution < -0.4 is 5.56 Å². The minimum Gasteiger partial charge on any atom is -0.506 e. The molecule has 27 heavy (non-hydrogen) atoms. The number of pyridine rings is 1. The summed E-state index contributed by atoms with van der Waals surface area (Å²) in [5.74, 6) is 0.0138. The largest absolute Gasteiger partial charge is 0.506 e. The van der Waals surface area contributed by atoms with Crippen molar-refractivity contribution < 1.29 is 5.11 Å². The van der Waals surface area contributed by atoms with Crippen molar-refractivity contribution in [3.63, 3.8) is 0 Å². The lowest BCUT2D eigenvalue weighted by Gasteiger charge is -2.15. The Labute approximate surface area is 165 Å². The molecule has 134 valence electrons. The molecule has 0 bridgehead atoms. The van der Waals surface area contributed by atoms with Gasteiger partial charge < -0.3 is 9.67 Å². The Hall–Kier alpha value is -2.69. The van der Waals surface area contributed by atoms with Gasteiger partial charge in [-0.1, -0.05) is 65.8 Å². The maximum absolute atomic E-state index is 13.2. The van der Waals surface area contributed by atoms with Crippen LogP contribution in [0.2, 0.25) is 5.02 Å². The summed E-state index contributed by atoms with van der Waals surface area (Å²) < 4.78 is 1.71. The fraction of sp³-hybridized carbons (Fsp3) is 0.0455. The fourth-order valence-electron chi connectivity index (χ4n) is 3.00. The highest BCUT2D eigenvalue weighted by atomic mass is 35.5. The van der Waals surface area contributed by atoms with Gasteiger partial charge in [0.2, 0.25) is 0 Å². The molecule has 0 fully saturated rings. The van der Waals surface area contributed by atoms with Crippen LogP contribution in [0.1, 0.15) is 5.56 Å². The third kappa shape index (κ3) is 3.59. The molecular formula is C22H16ClNO2S. The monoisotopic (exact) mass is 393 g/mol. The quantitative estimate of drug-likeness (QED) is 0.493. The van der Waals surface area contributed by atoms with Crippen LogP contribution in [0.15, 0.2) is 93.4 Å². The maximum Gasteiger partial charge on any atom is 0.269 e. The molecule has 4 rings (SSSR count). The Balaban J connectivity index is 1.88.